The molecular formula is C11H22O. The lowest BCUT2D eigenvalue weighted by molar-refractivity contribution is 0.0669. The van der Waals surface area contributed by atoms with E-state index in [1.165, 1.54) is 12.8 Å². The summed E-state index contributed by atoms with van der Waals surface area (Å²) in [5.74, 6) is 1.95. The summed E-state index contributed by atoms with van der Waals surface area (Å²) in [6.07, 6.45) is 2.70. The van der Waals surface area contributed by atoms with Gasteiger partial charge in [-0.05, 0) is 30.1 Å². The predicted molar refractivity (Wildman–Crippen MR) is 52.2 cm³/mol. The van der Waals surface area contributed by atoms with Gasteiger partial charge in [0, 0.05) is 6.61 Å². The summed E-state index contributed by atoms with van der Waals surface area (Å²) in [4.78, 5) is 0. The van der Waals surface area contributed by atoms with Gasteiger partial charge in [0.05, 0.1) is 6.61 Å². The first-order valence-corrected chi connectivity index (χ1v) is 5.07. The minimum atomic E-state index is 0.329. The molecule has 0 N–H and O–H groups in total. The molecule has 2 atom stereocenters. The van der Waals surface area contributed by atoms with E-state index in [1.807, 2.05) is 0 Å². The lowest BCUT2D eigenvalue weighted by Crippen LogP contribution is -2.15. The van der Waals surface area contributed by atoms with Gasteiger partial charge in [0.1, 0.15) is 0 Å². The third kappa shape index (κ3) is 4.10. The van der Waals surface area contributed by atoms with Gasteiger partial charge in [0.15, 0.2) is 0 Å². The molecule has 0 heterocycles. The number of hydrogen-bond acceptors (Lipinski definition) is 1. The average Bonchev–Trinajstić information content (AvgIpc) is 2.57. The summed E-state index contributed by atoms with van der Waals surface area (Å²) >= 11 is 0. The maximum absolute atomic E-state index is 5.60. The highest BCUT2D eigenvalue weighted by atomic mass is 16.5. The van der Waals surface area contributed by atoms with Gasteiger partial charge < -0.3 is 4.74 Å². The van der Waals surface area contributed by atoms with Crippen LogP contribution in [-0.4, -0.2) is 13.2 Å². The molecule has 0 aromatic rings. The average molecular weight is 170 g/mol. The molecular weight excluding hydrogens is 148 g/mol. The second-order valence-electron chi connectivity index (χ2n) is 5.37. The van der Waals surface area contributed by atoms with Crippen LogP contribution in [0.5, 0.6) is 0 Å². The first kappa shape index (κ1) is 10.0. The summed E-state index contributed by atoms with van der Waals surface area (Å²) < 4.78 is 5.60. The second kappa shape index (κ2) is 3.78. The SMILES string of the molecule is C[C@H]1C[C@H]1CCOCC(C)(C)C. The highest BCUT2D eigenvalue weighted by molar-refractivity contribution is 4.81. The van der Waals surface area contributed by atoms with Crippen molar-refractivity contribution in [3.05, 3.63) is 0 Å². The van der Waals surface area contributed by atoms with E-state index in [4.69, 9.17) is 4.74 Å². The van der Waals surface area contributed by atoms with Gasteiger partial charge in [-0.2, -0.15) is 0 Å². The lowest BCUT2D eigenvalue weighted by Gasteiger charge is -2.17. The molecule has 12 heavy (non-hydrogen) atoms. The second-order valence-corrected chi connectivity index (χ2v) is 5.37. The number of ether oxygens (including phenoxy) is 1. The Hall–Kier alpha value is -0.0400. The van der Waals surface area contributed by atoms with Crippen LogP contribution in [0.25, 0.3) is 0 Å². The first-order valence-electron chi connectivity index (χ1n) is 5.07. The van der Waals surface area contributed by atoms with Crippen molar-refractivity contribution < 1.29 is 4.74 Å². The summed E-state index contributed by atoms with van der Waals surface area (Å²) in [5.41, 5.74) is 0.329. The van der Waals surface area contributed by atoms with E-state index in [2.05, 4.69) is 27.7 Å². The Kier molecular flexibility index (Phi) is 3.16. The molecule has 1 aliphatic carbocycles. The van der Waals surface area contributed by atoms with Crippen LogP contribution in [0.15, 0.2) is 0 Å². The normalized spacial score (nSPS) is 29.0. The smallest absolute Gasteiger partial charge is 0.0514 e. The Morgan fingerprint density at radius 2 is 1.92 bits per heavy atom. The van der Waals surface area contributed by atoms with E-state index in [0.717, 1.165) is 25.0 Å². The standard InChI is InChI=1S/C11H22O/c1-9-7-10(9)5-6-12-8-11(2,3)4/h9-10H,5-8H2,1-4H3/t9-,10+/m0/s1. The van der Waals surface area contributed by atoms with Crippen molar-refractivity contribution in [3.63, 3.8) is 0 Å². The van der Waals surface area contributed by atoms with Crippen LogP contribution in [0.1, 0.15) is 40.5 Å². The molecule has 72 valence electrons. The molecule has 0 aromatic heterocycles. The minimum Gasteiger partial charge on any atom is -0.381 e. The van der Waals surface area contributed by atoms with Gasteiger partial charge in [-0.25, -0.2) is 0 Å². The zero-order valence-corrected chi connectivity index (χ0v) is 8.89. The fourth-order valence-electron chi connectivity index (χ4n) is 1.41. The fraction of sp³-hybridized carbons (Fsp3) is 1.00. The molecule has 0 bridgehead atoms. The van der Waals surface area contributed by atoms with Crippen molar-refractivity contribution in [1.82, 2.24) is 0 Å². The summed E-state index contributed by atoms with van der Waals surface area (Å²) in [6.45, 7) is 10.8. The molecule has 0 unspecified atom stereocenters. The monoisotopic (exact) mass is 170 g/mol. The van der Waals surface area contributed by atoms with Crippen molar-refractivity contribution >= 4 is 0 Å². The summed E-state index contributed by atoms with van der Waals surface area (Å²) in [6, 6.07) is 0. The maximum atomic E-state index is 5.60. The molecule has 0 aliphatic heterocycles. The Balaban J connectivity index is 1.90. The Morgan fingerprint density at radius 1 is 1.33 bits per heavy atom. The maximum Gasteiger partial charge on any atom is 0.0514 e. The van der Waals surface area contributed by atoms with Crippen LogP contribution in [0.4, 0.5) is 0 Å². The Morgan fingerprint density at radius 3 is 2.33 bits per heavy atom. The lowest BCUT2D eigenvalue weighted by atomic mass is 9.99. The largest absolute Gasteiger partial charge is 0.381 e. The van der Waals surface area contributed by atoms with Gasteiger partial charge in [-0.3, -0.25) is 0 Å². The minimum absolute atomic E-state index is 0.329. The van der Waals surface area contributed by atoms with Gasteiger partial charge >= 0.3 is 0 Å². The summed E-state index contributed by atoms with van der Waals surface area (Å²) in [7, 11) is 0. The van der Waals surface area contributed by atoms with E-state index in [9.17, 15) is 0 Å². The van der Waals surface area contributed by atoms with Gasteiger partial charge in [-0.15, -0.1) is 0 Å². The first-order chi connectivity index (χ1) is 5.49. The highest BCUT2D eigenvalue weighted by Gasteiger charge is 2.31. The molecule has 1 heteroatoms. The molecule has 1 saturated carbocycles. The molecule has 1 rings (SSSR count). The van der Waals surface area contributed by atoms with Crippen molar-refractivity contribution in [3.8, 4) is 0 Å². The zero-order chi connectivity index (χ0) is 9.19. The zero-order valence-electron chi connectivity index (χ0n) is 8.89. The molecule has 1 nitrogen and oxygen atoms in total. The van der Waals surface area contributed by atoms with Crippen molar-refractivity contribution in [2.24, 2.45) is 17.3 Å². The van der Waals surface area contributed by atoms with Crippen LogP contribution >= 0.6 is 0 Å². The van der Waals surface area contributed by atoms with Crippen molar-refractivity contribution in [2.45, 2.75) is 40.5 Å². The van der Waals surface area contributed by atoms with Crippen molar-refractivity contribution in [1.29, 1.82) is 0 Å². The molecule has 1 aliphatic rings. The van der Waals surface area contributed by atoms with Crippen LogP contribution in [-0.2, 0) is 4.74 Å². The quantitative estimate of drug-likeness (QED) is 0.589. The molecule has 0 spiro atoms. The van der Waals surface area contributed by atoms with E-state index >= 15 is 0 Å². The van der Waals surface area contributed by atoms with E-state index < -0.39 is 0 Å². The van der Waals surface area contributed by atoms with Gasteiger partial charge in [0.25, 0.3) is 0 Å². The highest BCUT2D eigenvalue weighted by Crippen LogP contribution is 2.40. The van der Waals surface area contributed by atoms with Crippen LogP contribution < -0.4 is 0 Å². The number of hydrogen-bond donors (Lipinski definition) is 0. The Bertz CT molecular complexity index is 134. The van der Waals surface area contributed by atoms with Gasteiger partial charge in [0.2, 0.25) is 0 Å². The van der Waals surface area contributed by atoms with E-state index in [1.54, 1.807) is 0 Å². The molecule has 0 amide bonds. The van der Waals surface area contributed by atoms with E-state index in [0.29, 0.717) is 5.41 Å². The molecule has 0 saturated heterocycles. The van der Waals surface area contributed by atoms with Crippen LogP contribution in [0.2, 0.25) is 0 Å². The van der Waals surface area contributed by atoms with Gasteiger partial charge in [-0.1, -0.05) is 27.7 Å². The van der Waals surface area contributed by atoms with Crippen LogP contribution in [0, 0.1) is 17.3 Å². The fourth-order valence-corrected chi connectivity index (χ4v) is 1.41. The van der Waals surface area contributed by atoms with Crippen molar-refractivity contribution in [2.75, 3.05) is 13.2 Å². The van der Waals surface area contributed by atoms with E-state index in [-0.39, 0.29) is 0 Å². The summed E-state index contributed by atoms with van der Waals surface area (Å²) in [5, 5.41) is 0. The van der Waals surface area contributed by atoms with Crippen LogP contribution in [0.3, 0.4) is 0 Å². The molecule has 1 fully saturated rings. The molecule has 0 aromatic carbocycles. The predicted octanol–water partition coefficient (Wildman–Crippen LogP) is 3.10. The third-order valence-corrected chi connectivity index (χ3v) is 2.44. The number of rotatable bonds is 4. The molecule has 0 radical (unpaired) electrons. The third-order valence-electron chi connectivity index (χ3n) is 2.44. The Labute approximate surface area is 76.5 Å². The topological polar surface area (TPSA) is 9.23 Å².